The van der Waals surface area contributed by atoms with Crippen molar-refractivity contribution in [2.45, 2.75) is 13.3 Å². The van der Waals surface area contributed by atoms with Crippen LogP contribution in [-0.4, -0.2) is 31.1 Å². The molecule has 4 nitrogen and oxygen atoms in total. The van der Waals surface area contributed by atoms with Crippen molar-refractivity contribution in [2.24, 2.45) is 0 Å². The molecule has 0 rings (SSSR count). The molecule has 0 aliphatic heterocycles. The summed E-state index contributed by atoms with van der Waals surface area (Å²) in [5, 5.41) is 8.13. The summed E-state index contributed by atoms with van der Waals surface area (Å²) in [4.78, 5) is 10.4. The Hall–Kier alpha value is -0.610. The lowest BCUT2D eigenvalue weighted by molar-refractivity contribution is -0.145. The molecule has 0 aromatic carbocycles. The molecule has 0 saturated carbocycles. The van der Waals surface area contributed by atoms with Crippen LogP contribution in [0.15, 0.2) is 0 Å². The number of hydrogen-bond donors (Lipinski definition) is 1. The van der Waals surface area contributed by atoms with Crippen LogP contribution in [0.2, 0.25) is 0 Å². The van der Waals surface area contributed by atoms with E-state index < -0.39 is 0 Å². The molecule has 0 aromatic heterocycles. The molecule has 60 valence electrons. The average Bonchev–Trinajstić information content (AvgIpc) is 1.98. The van der Waals surface area contributed by atoms with E-state index in [4.69, 9.17) is 5.11 Å². The molecule has 0 aliphatic rings. The zero-order valence-electron chi connectivity index (χ0n) is 6.00. The Morgan fingerprint density at radius 3 is 2.70 bits per heavy atom. The largest absolute Gasteiger partial charge is 0.463 e. The Morgan fingerprint density at radius 2 is 2.20 bits per heavy atom. The minimum Gasteiger partial charge on any atom is -0.463 e. The SMILES string of the molecule is CCC(=O)OCCOCO. The van der Waals surface area contributed by atoms with E-state index in [1.807, 2.05) is 0 Å². The lowest BCUT2D eigenvalue weighted by Gasteiger charge is -2.01. The number of hydrogen-bond acceptors (Lipinski definition) is 4. The average molecular weight is 148 g/mol. The summed E-state index contributed by atoms with van der Waals surface area (Å²) < 4.78 is 9.12. The van der Waals surface area contributed by atoms with Crippen molar-refractivity contribution in [3.8, 4) is 0 Å². The molecule has 0 aromatic rings. The Balaban J connectivity index is 2.96. The van der Waals surface area contributed by atoms with E-state index in [9.17, 15) is 4.79 Å². The Labute approximate surface area is 59.7 Å². The fourth-order valence-electron chi connectivity index (χ4n) is 0.381. The van der Waals surface area contributed by atoms with Crippen LogP contribution < -0.4 is 0 Å². The smallest absolute Gasteiger partial charge is 0.305 e. The lowest BCUT2D eigenvalue weighted by atomic mass is 10.5. The monoisotopic (exact) mass is 148 g/mol. The fraction of sp³-hybridized carbons (Fsp3) is 0.833. The first-order valence-electron chi connectivity index (χ1n) is 3.15. The molecule has 4 heteroatoms. The van der Waals surface area contributed by atoms with Crippen molar-refractivity contribution >= 4 is 5.97 Å². The predicted octanol–water partition coefficient (Wildman–Crippen LogP) is -0.0940. The van der Waals surface area contributed by atoms with Crippen molar-refractivity contribution < 1.29 is 19.4 Å². The number of carbonyl (C=O) groups is 1. The minimum atomic E-state index is -0.330. The summed E-state index contributed by atoms with van der Waals surface area (Å²) >= 11 is 0. The van der Waals surface area contributed by atoms with Gasteiger partial charge in [0.05, 0.1) is 6.61 Å². The van der Waals surface area contributed by atoms with Gasteiger partial charge in [0.1, 0.15) is 13.4 Å². The minimum absolute atomic E-state index is 0.216. The first kappa shape index (κ1) is 9.39. The van der Waals surface area contributed by atoms with Crippen molar-refractivity contribution in [1.29, 1.82) is 0 Å². The van der Waals surface area contributed by atoms with Gasteiger partial charge in [0, 0.05) is 6.42 Å². The predicted molar refractivity (Wildman–Crippen MR) is 34.3 cm³/mol. The topological polar surface area (TPSA) is 55.8 Å². The zero-order chi connectivity index (χ0) is 7.82. The molecule has 0 aliphatic carbocycles. The number of rotatable bonds is 5. The molecule has 10 heavy (non-hydrogen) atoms. The van der Waals surface area contributed by atoms with E-state index in [2.05, 4.69) is 9.47 Å². The molecule has 0 radical (unpaired) electrons. The number of aliphatic hydroxyl groups is 1. The van der Waals surface area contributed by atoms with Gasteiger partial charge in [-0.2, -0.15) is 0 Å². The Kier molecular flexibility index (Phi) is 6.11. The highest BCUT2D eigenvalue weighted by atomic mass is 16.6. The third-order valence-electron chi connectivity index (χ3n) is 0.871. The summed E-state index contributed by atoms with van der Waals surface area (Å²) in [5.41, 5.74) is 0. The number of esters is 1. The van der Waals surface area contributed by atoms with Gasteiger partial charge in [-0.15, -0.1) is 0 Å². The van der Waals surface area contributed by atoms with Crippen molar-refractivity contribution in [3.05, 3.63) is 0 Å². The van der Waals surface area contributed by atoms with Crippen molar-refractivity contribution in [2.75, 3.05) is 20.0 Å². The maximum Gasteiger partial charge on any atom is 0.305 e. The van der Waals surface area contributed by atoms with E-state index in [0.29, 0.717) is 6.42 Å². The highest BCUT2D eigenvalue weighted by Crippen LogP contribution is 1.83. The molecule has 0 spiro atoms. The summed E-state index contributed by atoms with van der Waals surface area (Å²) in [5.74, 6) is -0.249. The summed E-state index contributed by atoms with van der Waals surface area (Å²) in [7, 11) is 0. The lowest BCUT2D eigenvalue weighted by Crippen LogP contribution is -2.09. The third kappa shape index (κ3) is 5.53. The van der Waals surface area contributed by atoms with Crippen LogP contribution in [0.1, 0.15) is 13.3 Å². The first-order valence-corrected chi connectivity index (χ1v) is 3.15. The van der Waals surface area contributed by atoms with Crippen LogP contribution >= 0.6 is 0 Å². The molecular formula is C6H12O4. The zero-order valence-corrected chi connectivity index (χ0v) is 6.00. The highest BCUT2D eigenvalue weighted by molar-refractivity contribution is 5.68. The maximum absolute atomic E-state index is 10.4. The second-order valence-corrected chi connectivity index (χ2v) is 1.61. The number of ether oxygens (including phenoxy) is 2. The second kappa shape index (κ2) is 6.51. The third-order valence-corrected chi connectivity index (χ3v) is 0.871. The van der Waals surface area contributed by atoms with Crippen LogP contribution in [-0.2, 0) is 14.3 Å². The van der Waals surface area contributed by atoms with Gasteiger partial charge in [0.2, 0.25) is 0 Å². The summed E-state index contributed by atoms with van der Waals surface area (Å²) in [6.07, 6.45) is 0.374. The maximum atomic E-state index is 10.4. The van der Waals surface area contributed by atoms with Gasteiger partial charge < -0.3 is 14.6 Å². The van der Waals surface area contributed by atoms with E-state index >= 15 is 0 Å². The fourth-order valence-corrected chi connectivity index (χ4v) is 0.381. The van der Waals surface area contributed by atoms with Gasteiger partial charge in [-0.3, -0.25) is 4.79 Å². The first-order chi connectivity index (χ1) is 4.81. The van der Waals surface area contributed by atoms with Gasteiger partial charge in [0.25, 0.3) is 0 Å². The van der Waals surface area contributed by atoms with Crippen LogP contribution in [0, 0.1) is 0 Å². The van der Waals surface area contributed by atoms with Gasteiger partial charge >= 0.3 is 5.97 Å². The van der Waals surface area contributed by atoms with Gasteiger partial charge in [-0.05, 0) is 0 Å². The Bertz CT molecular complexity index is 91.7. The van der Waals surface area contributed by atoms with Crippen molar-refractivity contribution in [3.63, 3.8) is 0 Å². The van der Waals surface area contributed by atoms with Crippen LogP contribution in [0.25, 0.3) is 0 Å². The van der Waals surface area contributed by atoms with E-state index in [0.717, 1.165) is 0 Å². The van der Waals surface area contributed by atoms with Crippen molar-refractivity contribution in [1.82, 2.24) is 0 Å². The molecule has 0 bridgehead atoms. The van der Waals surface area contributed by atoms with Gasteiger partial charge in [0.15, 0.2) is 0 Å². The normalized spacial score (nSPS) is 9.40. The molecule has 0 amide bonds. The van der Waals surface area contributed by atoms with E-state index in [-0.39, 0.29) is 26.0 Å². The molecule has 0 fully saturated rings. The van der Waals surface area contributed by atoms with Crippen LogP contribution in [0.4, 0.5) is 0 Å². The second-order valence-electron chi connectivity index (χ2n) is 1.61. The molecule has 0 saturated heterocycles. The number of carbonyl (C=O) groups excluding carboxylic acids is 1. The molecular weight excluding hydrogens is 136 g/mol. The summed E-state index contributed by atoms with van der Waals surface area (Å²) in [6.45, 7) is 1.86. The van der Waals surface area contributed by atoms with Crippen LogP contribution in [0.5, 0.6) is 0 Å². The molecule has 0 atom stereocenters. The van der Waals surface area contributed by atoms with E-state index in [1.54, 1.807) is 6.92 Å². The quantitative estimate of drug-likeness (QED) is 0.336. The molecule has 0 unspecified atom stereocenters. The Morgan fingerprint density at radius 1 is 1.50 bits per heavy atom. The standard InChI is InChI=1S/C6H12O4/c1-2-6(8)10-4-3-9-5-7/h7H,2-5H2,1H3. The molecule has 1 N–H and O–H groups in total. The molecule has 0 heterocycles. The summed E-state index contributed by atoms with van der Waals surface area (Å²) in [6, 6.07) is 0. The van der Waals surface area contributed by atoms with Crippen LogP contribution in [0.3, 0.4) is 0 Å². The van der Waals surface area contributed by atoms with Gasteiger partial charge in [-0.25, -0.2) is 0 Å². The van der Waals surface area contributed by atoms with E-state index in [1.165, 1.54) is 0 Å². The highest BCUT2D eigenvalue weighted by Gasteiger charge is 1.95. The van der Waals surface area contributed by atoms with Gasteiger partial charge in [-0.1, -0.05) is 6.92 Å². The number of aliphatic hydroxyl groups excluding tert-OH is 1.